The normalized spacial score (nSPS) is 20.8. The van der Waals surface area contributed by atoms with Crippen molar-refractivity contribution < 1.29 is 22.8 Å². The largest absolute Gasteiger partial charge is 0.417 e. The summed E-state index contributed by atoms with van der Waals surface area (Å²) in [5.41, 5.74) is 1.05. The molecule has 0 radical (unpaired) electrons. The predicted octanol–water partition coefficient (Wildman–Crippen LogP) is 4.03. The van der Waals surface area contributed by atoms with Crippen LogP contribution < -0.4 is 5.84 Å². The average molecular weight is 494 g/mol. The maximum Gasteiger partial charge on any atom is 0.417 e. The van der Waals surface area contributed by atoms with Crippen molar-refractivity contribution in [3.8, 4) is 0 Å². The number of rotatable bonds is 5. The van der Waals surface area contributed by atoms with Crippen molar-refractivity contribution in [3.63, 3.8) is 0 Å². The Morgan fingerprint density at radius 2 is 1.86 bits per heavy atom. The van der Waals surface area contributed by atoms with Gasteiger partial charge in [-0.1, -0.05) is 0 Å². The second kappa shape index (κ2) is 7.57. The van der Waals surface area contributed by atoms with Gasteiger partial charge in [-0.15, -0.1) is 0 Å². The van der Waals surface area contributed by atoms with Crippen molar-refractivity contribution in [1.82, 2.24) is 24.8 Å². The second-order valence-corrected chi connectivity index (χ2v) is 9.78. The van der Waals surface area contributed by atoms with Gasteiger partial charge in [0.05, 0.1) is 28.8 Å². The first-order valence-corrected chi connectivity index (χ1v) is 11.4. The molecule has 1 amide bonds. The van der Waals surface area contributed by atoms with Crippen LogP contribution in [-0.2, 0) is 19.8 Å². The van der Waals surface area contributed by atoms with Crippen LogP contribution in [0.15, 0.2) is 42.7 Å². The topological polar surface area (TPSA) is 107 Å². The number of hydrazine groups is 1. The number of amides is 1. The monoisotopic (exact) mass is 494 g/mol. The summed E-state index contributed by atoms with van der Waals surface area (Å²) in [6.07, 6.45) is 0.621. The highest BCUT2D eigenvalue weighted by Gasteiger charge is 2.61. The number of nitrogens with two attached hydrogens (primary N) is 1. The number of Topliss-reactive ketones (excluding diaryl/α,β-unsaturated/α-hetero) is 1. The summed E-state index contributed by atoms with van der Waals surface area (Å²) in [5.74, 6) is 6.13. The Bertz CT molecular complexity index is 1540. The molecule has 1 aromatic carbocycles. The third-order valence-corrected chi connectivity index (χ3v) is 7.40. The summed E-state index contributed by atoms with van der Waals surface area (Å²) < 4.78 is 39.9. The molecule has 0 unspecified atom stereocenters. The number of nitrogens with zero attached hydrogens (tertiary/aromatic N) is 5. The first-order chi connectivity index (χ1) is 17.1. The lowest BCUT2D eigenvalue weighted by molar-refractivity contribution is -0.137. The van der Waals surface area contributed by atoms with Crippen LogP contribution in [0, 0.1) is 11.3 Å². The predicted molar refractivity (Wildman–Crippen MR) is 123 cm³/mol. The van der Waals surface area contributed by atoms with Crippen LogP contribution in [-0.4, -0.2) is 36.4 Å². The fourth-order valence-electron chi connectivity index (χ4n) is 5.36. The van der Waals surface area contributed by atoms with Gasteiger partial charge in [-0.25, -0.2) is 5.84 Å². The molecule has 4 aromatic rings. The lowest BCUT2D eigenvalue weighted by atomic mass is 9.42. The molecular weight excluding hydrogens is 473 g/mol. The van der Waals surface area contributed by atoms with Crippen LogP contribution in [0.2, 0.25) is 0 Å². The van der Waals surface area contributed by atoms with Crippen LogP contribution in [0.3, 0.4) is 0 Å². The fraction of sp³-hybridized carbons (Fsp3) is 0.320. The van der Waals surface area contributed by atoms with Crippen LogP contribution in [0.4, 0.5) is 13.2 Å². The van der Waals surface area contributed by atoms with E-state index in [-0.39, 0.29) is 29.0 Å². The molecule has 3 saturated carbocycles. The minimum absolute atomic E-state index is 0.0566. The van der Waals surface area contributed by atoms with Crippen molar-refractivity contribution in [2.24, 2.45) is 24.2 Å². The Labute approximate surface area is 202 Å². The summed E-state index contributed by atoms with van der Waals surface area (Å²) in [7, 11) is 1.75. The van der Waals surface area contributed by atoms with E-state index in [1.807, 2.05) is 0 Å². The zero-order valence-electron chi connectivity index (χ0n) is 19.2. The van der Waals surface area contributed by atoms with Crippen molar-refractivity contribution in [2.75, 3.05) is 0 Å². The van der Waals surface area contributed by atoms with E-state index in [2.05, 4.69) is 15.1 Å². The molecule has 7 rings (SSSR count). The molecule has 0 saturated heterocycles. The molecule has 2 bridgehead atoms. The zero-order valence-corrected chi connectivity index (χ0v) is 19.2. The molecule has 3 heterocycles. The Balaban J connectivity index is 1.30. The fourth-order valence-corrected chi connectivity index (χ4v) is 5.36. The number of alkyl halides is 3. The molecular formula is C25H21F3N6O2. The third-order valence-electron chi connectivity index (χ3n) is 7.40. The highest BCUT2D eigenvalue weighted by Crippen LogP contribution is 2.65. The number of hydrogen-bond acceptors (Lipinski definition) is 6. The number of benzene rings is 1. The molecule has 0 spiro atoms. The van der Waals surface area contributed by atoms with E-state index in [4.69, 9.17) is 5.84 Å². The van der Waals surface area contributed by atoms with E-state index < -0.39 is 17.6 Å². The second-order valence-electron chi connectivity index (χ2n) is 9.78. The lowest BCUT2D eigenvalue weighted by Gasteiger charge is -2.60. The quantitative estimate of drug-likeness (QED) is 0.194. The van der Waals surface area contributed by atoms with Crippen LogP contribution in [0.25, 0.3) is 21.8 Å². The standard InChI is InChI=1S/C25H21F3N6O2/c1-33-21-17-6-14(23(36)34(29)12-16-4-3-15(10-30-16)25(26,27)28)2-5-19(17)31-11-18(21)20(32-33)22(35)24-7-13(8-24)9-24/h2-6,10-11,13H,7-9,12,29H2,1H3. The molecule has 36 heavy (non-hydrogen) atoms. The Morgan fingerprint density at radius 1 is 1.11 bits per heavy atom. The van der Waals surface area contributed by atoms with Gasteiger partial charge < -0.3 is 0 Å². The van der Waals surface area contributed by atoms with Gasteiger partial charge in [-0.05, 0) is 55.5 Å². The molecule has 3 aliphatic carbocycles. The van der Waals surface area contributed by atoms with Crippen LogP contribution in [0.1, 0.15) is 51.4 Å². The third kappa shape index (κ3) is 3.37. The molecule has 184 valence electrons. The summed E-state index contributed by atoms with van der Waals surface area (Å²) in [5, 5.41) is 6.70. The Kier molecular flexibility index (Phi) is 4.75. The molecule has 3 aromatic heterocycles. The number of hydrogen-bond donors (Lipinski definition) is 1. The van der Waals surface area contributed by atoms with Gasteiger partial charge in [-0.2, -0.15) is 18.3 Å². The van der Waals surface area contributed by atoms with Gasteiger partial charge in [0.2, 0.25) is 0 Å². The smallest absolute Gasteiger partial charge is 0.292 e. The maximum absolute atomic E-state index is 13.2. The highest BCUT2D eigenvalue weighted by atomic mass is 19.4. The number of fused-ring (bicyclic) bond motifs is 3. The van der Waals surface area contributed by atoms with Gasteiger partial charge in [0.25, 0.3) is 5.91 Å². The van der Waals surface area contributed by atoms with Crippen molar-refractivity contribution in [3.05, 3.63) is 65.2 Å². The summed E-state index contributed by atoms with van der Waals surface area (Å²) >= 11 is 0. The minimum atomic E-state index is -4.50. The van der Waals surface area contributed by atoms with Gasteiger partial charge in [0.1, 0.15) is 5.69 Å². The number of carbonyl (C=O) groups is 2. The summed E-state index contributed by atoms with van der Waals surface area (Å²) in [6, 6.07) is 6.98. The van der Waals surface area contributed by atoms with Gasteiger partial charge in [-0.3, -0.25) is 29.2 Å². The maximum atomic E-state index is 13.2. The first kappa shape index (κ1) is 22.6. The highest BCUT2D eigenvalue weighted by molar-refractivity contribution is 6.15. The molecule has 2 N–H and O–H groups in total. The van der Waals surface area contributed by atoms with E-state index in [0.717, 1.165) is 30.3 Å². The van der Waals surface area contributed by atoms with Crippen LogP contribution >= 0.6 is 0 Å². The van der Waals surface area contributed by atoms with E-state index in [1.165, 1.54) is 6.07 Å². The average Bonchev–Trinajstić information content (AvgIpc) is 3.13. The van der Waals surface area contributed by atoms with Crippen molar-refractivity contribution in [2.45, 2.75) is 32.0 Å². The van der Waals surface area contributed by atoms with Gasteiger partial charge >= 0.3 is 6.18 Å². The van der Waals surface area contributed by atoms with E-state index in [9.17, 15) is 22.8 Å². The summed E-state index contributed by atoms with van der Waals surface area (Å²) in [6.45, 7) is -0.176. The Morgan fingerprint density at radius 3 is 2.47 bits per heavy atom. The molecule has 11 heteroatoms. The van der Waals surface area contributed by atoms with E-state index >= 15 is 0 Å². The first-order valence-electron chi connectivity index (χ1n) is 11.4. The van der Waals surface area contributed by atoms with Crippen LogP contribution in [0.5, 0.6) is 0 Å². The number of aryl methyl sites for hydroxylation is 1. The van der Waals surface area contributed by atoms with Crippen molar-refractivity contribution in [1.29, 1.82) is 0 Å². The molecule has 8 nitrogen and oxygen atoms in total. The number of halogens is 3. The minimum Gasteiger partial charge on any atom is -0.292 e. The SMILES string of the molecule is Cn1nc(C(=O)C23CC(C2)C3)c2cnc3ccc(C(=O)N(N)Cc4ccc(C(F)(F)F)cn4)cc3c21. The molecule has 3 fully saturated rings. The molecule has 0 aliphatic heterocycles. The number of carbonyl (C=O) groups excluding carboxylic acids is 2. The molecule has 3 aliphatic rings. The Hall–Kier alpha value is -3.86. The summed E-state index contributed by atoms with van der Waals surface area (Å²) in [4.78, 5) is 34.5. The molecule has 0 atom stereocenters. The van der Waals surface area contributed by atoms with Gasteiger partial charge in [0, 0.05) is 41.2 Å². The van der Waals surface area contributed by atoms with E-state index in [0.29, 0.717) is 39.6 Å². The zero-order chi connectivity index (χ0) is 25.4. The number of aromatic nitrogens is 4. The number of ketones is 1. The van der Waals surface area contributed by atoms with Gasteiger partial charge in [0.15, 0.2) is 5.78 Å². The van der Waals surface area contributed by atoms with Crippen molar-refractivity contribution >= 4 is 33.5 Å². The lowest BCUT2D eigenvalue weighted by Crippen LogP contribution is -2.56. The van der Waals surface area contributed by atoms with E-state index in [1.54, 1.807) is 36.1 Å². The number of pyridine rings is 2.